The Balaban J connectivity index is 2.10. The molecule has 2 rings (SSSR count). The largest absolute Gasteiger partial charge is 0.466 e. The number of nitrogens with two attached hydrogens (primary N) is 1. The normalized spacial score (nSPS) is 12.2. The standard InChI is InChI=1S/C15H16ClNO2S/c1-2-19-15(18)9-12(17)14-7-6-13(20-14)10-4-3-5-11(16)8-10/h3-8,12H,2,9,17H2,1H3/t12-/m0/s1. The van der Waals surface area contributed by atoms with Gasteiger partial charge < -0.3 is 10.5 Å². The Hall–Kier alpha value is -1.36. The maximum atomic E-state index is 11.4. The van der Waals surface area contributed by atoms with Crippen molar-refractivity contribution in [3.05, 3.63) is 46.3 Å². The summed E-state index contributed by atoms with van der Waals surface area (Å²) in [5.74, 6) is -0.266. The van der Waals surface area contributed by atoms with E-state index < -0.39 is 0 Å². The molecule has 1 aromatic carbocycles. The van der Waals surface area contributed by atoms with Crippen LogP contribution in [0.4, 0.5) is 0 Å². The smallest absolute Gasteiger partial charge is 0.307 e. The molecule has 0 spiro atoms. The predicted octanol–water partition coefficient (Wildman–Crippen LogP) is 4.02. The van der Waals surface area contributed by atoms with E-state index in [0.29, 0.717) is 11.6 Å². The van der Waals surface area contributed by atoms with Crippen molar-refractivity contribution in [1.82, 2.24) is 0 Å². The molecule has 1 heterocycles. The summed E-state index contributed by atoms with van der Waals surface area (Å²) in [6.45, 7) is 2.16. The van der Waals surface area contributed by atoms with Crippen LogP contribution in [0.2, 0.25) is 5.02 Å². The number of benzene rings is 1. The summed E-state index contributed by atoms with van der Waals surface area (Å²) in [5.41, 5.74) is 7.08. The molecule has 0 bridgehead atoms. The van der Waals surface area contributed by atoms with Gasteiger partial charge in [-0.25, -0.2) is 0 Å². The third-order valence-corrected chi connectivity index (χ3v) is 4.29. The first-order chi connectivity index (χ1) is 9.60. The zero-order valence-electron chi connectivity index (χ0n) is 11.1. The molecule has 0 aliphatic heterocycles. The van der Waals surface area contributed by atoms with Crippen molar-refractivity contribution in [2.24, 2.45) is 5.73 Å². The molecule has 2 N–H and O–H groups in total. The Morgan fingerprint density at radius 1 is 1.40 bits per heavy atom. The minimum atomic E-state index is -0.327. The number of ether oxygens (including phenoxy) is 1. The molecule has 0 saturated heterocycles. The SMILES string of the molecule is CCOC(=O)C[C@H](N)c1ccc(-c2cccc(Cl)c2)s1. The van der Waals surface area contributed by atoms with Gasteiger partial charge in [0.2, 0.25) is 0 Å². The second-order valence-corrected chi connectivity index (χ2v) is 5.88. The van der Waals surface area contributed by atoms with Crippen LogP contribution >= 0.6 is 22.9 Å². The lowest BCUT2D eigenvalue weighted by Crippen LogP contribution is -2.16. The van der Waals surface area contributed by atoms with Gasteiger partial charge in [-0.1, -0.05) is 23.7 Å². The molecule has 106 valence electrons. The first-order valence-electron chi connectivity index (χ1n) is 6.37. The summed E-state index contributed by atoms with van der Waals surface area (Å²) < 4.78 is 4.91. The van der Waals surface area contributed by atoms with Crippen molar-refractivity contribution in [2.45, 2.75) is 19.4 Å². The molecule has 0 radical (unpaired) electrons. The van der Waals surface area contributed by atoms with E-state index in [-0.39, 0.29) is 18.4 Å². The van der Waals surface area contributed by atoms with Crippen LogP contribution in [0.15, 0.2) is 36.4 Å². The molecule has 20 heavy (non-hydrogen) atoms. The van der Waals surface area contributed by atoms with E-state index >= 15 is 0 Å². The van der Waals surface area contributed by atoms with Crippen molar-refractivity contribution in [3.63, 3.8) is 0 Å². The van der Waals surface area contributed by atoms with Crippen LogP contribution < -0.4 is 5.73 Å². The third kappa shape index (κ3) is 3.82. The zero-order valence-corrected chi connectivity index (χ0v) is 12.7. The first-order valence-corrected chi connectivity index (χ1v) is 7.56. The van der Waals surface area contributed by atoms with Gasteiger partial charge >= 0.3 is 5.97 Å². The maximum Gasteiger partial charge on any atom is 0.307 e. The summed E-state index contributed by atoms with van der Waals surface area (Å²) in [6, 6.07) is 11.3. The predicted molar refractivity (Wildman–Crippen MR) is 82.9 cm³/mol. The third-order valence-electron chi connectivity index (χ3n) is 2.79. The van der Waals surface area contributed by atoms with Crippen LogP contribution in [-0.2, 0) is 9.53 Å². The van der Waals surface area contributed by atoms with Gasteiger partial charge in [0.1, 0.15) is 0 Å². The molecule has 0 amide bonds. The molecule has 0 saturated carbocycles. The summed E-state index contributed by atoms with van der Waals surface area (Å²) in [6.07, 6.45) is 0.198. The van der Waals surface area contributed by atoms with Crippen molar-refractivity contribution < 1.29 is 9.53 Å². The molecule has 1 atom stereocenters. The van der Waals surface area contributed by atoms with E-state index in [1.54, 1.807) is 18.3 Å². The van der Waals surface area contributed by atoms with Crippen LogP contribution in [-0.4, -0.2) is 12.6 Å². The van der Waals surface area contributed by atoms with E-state index in [4.69, 9.17) is 22.1 Å². The average Bonchev–Trinajstić information content (AvgIpc) is 2.88. The molecule has 0 fully saturated rings. The fourth-order valence-corrected chi connectivity index (χ4v) is 3.04. The number of halogens is 1. The molecule has 5 heteroatoms. The van der Waals surface area contributed by atoms with Crippen LogP contribution in [0.25, 0.3) is 10.4 Å². The van der Waals surface area contributed by atoms with Gasteiger partial charge in [0.15, 0.2) is 0 Å². The van der Waals surface area contributed by atoms with E-state index in [1.807, 2.05) is 36.4 Å². The van der Waals surface area contributed by atoms with Crippen LogP contribution in [0.5, 0.6) is 0 Å². The highest BCUT2D eigenvalue weighted by Crippen LogP contribution is 2.32. The molecule has 2 aromatic rings. The number of thiophene rings is 1. The van der Waals surface area contributed by atoms with Gasteiger partial charge in [-0.15, -0.1) is 11.3 Å². The molecule has 0 aliphatic carbocycles. The van der Waals surface area contributed by atoms with Gasteiger partial charge in [0, 0.05) is 20.8 Å². The Morgan fingerprint density at radius 3 is 2.90 bits per heavy atom. The van der Waals surface area contributed by atoms with Crippen molar-refractivity contribution >= 4 is 28.9 Å². The topological polar surface area (TPSA) is 52.3 Å². The fourth-order valence-electron chi connectivity index (χ4n) is 1.85. The van der Waals surface area contributed by atoms with Crippen molar-refractivity contribution in [1.29, 1.82) is 0 Å². The second-order valence-electron chi connectivity index (χ2n) is 4.33. The van der Waals surface area contributed by atoms with Crippen LogP contribution in [0.3, 0.4) is 0 Å². The highest BCUT2D eigenvalue weighted by molar-refractivity contribution is 7.15. The Bertz CT molecular complexity index is 597. The lowest BCUT2D eigenvalue weighted by Gasteiger charge is -2.08. The van der Waals surface area contributed by atoms with Crippen molar-refractivity contribution in [2.75, 3.05) is 6.61 Å². The monoisotopic (exact) mass is 309 g/mol. The zero-order chi connectivity index (χ0) is 14.5. The van der Waals surface area contributed by atoms with E-state index in [9.17, 15) is 4.79 Å². The number of carbonyl (C=O) groups excluding carboxylic acids is 1. The number of esters is 1. The number of rotatable bonds is 5. The van der Waals surface area contributed by atoms with E-state index in [2.05, 4.69) is 0 Å². The summed E-state index contributed by atoms with van der Waals surface area (Å²) in [5, 5.41) is 0.702. The lowest BCUT2D eigenvalue weighted by atomic mass is 10.1. The molecular formula is C15H16ClNO2S. The van der Waals surface area contributed by atoms with Crippen LogP contribution in [0, 0.1) is 0 Å². The average molecular weight is 310 g/mol. The number of carbonyl (C=O) groups is 1. The number of hydrogen-bond acceptors (Lipinski definition) is 4. The van der Waals surface area contributed by atoms with Gasteiger partial charge in [-0.05, 0) is 36.8 Å². The molecule has 0 aliphatic rings. The number of hydrogen-bond donors (Lipinski definition) is 1. The summed E-state index contributed by atoms with van der Waals surface area (Å²) in [4.78, 5) is 13.5. The molecule has 3 nitrogen and oxygen atoms in total. The first kappa shape index (κ1) is 15.0. The van der Waals surface area contributed by atoms with Gasteiger partial charge in [0.25, 0.3) is 0 Å². The Labute approximate surface area is 127 Å². The lowest BCUT2D eigenvalue weighted by molar-refractivity contribution is -0.143. The van der Waals surface area contributed by atoms with E-state index in [1.165, 1.54) is 0 Å². The van der Waals surface area contributed by atoms with E-state index in [0.717, 1.165) is 15.3 Å². The Morgan fingerprint density at radius 2 is 2.20 bits per heavy atom. The minimum absolute atomic E-state index is 0.198. The second kappa shape index (κ2) is 6.88. The highest BCUT2D eigenvalue weighted by atomic mass is 35.5. The minimum Gasteiger partial charge on any atom is -0.466 e. The molecule has 0 unspecified atom stereocenters. The molecule has 1 aromatic heterocycles. The fraction of sp³-hybridized carbons (Fsp3) is 0.267. The maximum absolute atomic E-state index is 11.4. The highest BCUT2D eigenvalue weighted by Gasteiger charge is 2.15. The van der Waals surface area contributed by atoms with Gasteiger partial charge in [-0.3, -0.25) is 4.79 Å². The van der Waals surface area contributed by atoms with Gasteiger partial charge in [0.05, 0.1) is 13.0 Å². The molecular weight excluding hydrogens is 294 g/mol. The summed E-state index contributed by atoms with van der Waals surface area (Å²) >= 11 is 7.56. The quantitative estimate of drug-likeness (QED) is 0.849. The van der Waals surface area contributed by atoms with Crippen LogP contribution in [0.1, 0.15) is 24.3 Å². The summed E-state index contributed by atoms with van der Waals surface area (Å²) in [7, 11) is 0. The van der Waals surface area contributed by atoms with Crippen molar-refractivity contribution in [3.8, 4) is 10.4 Å². The van der Waals surface area contributed by atoms with Gasteiger partial charge in [-0.2, -0.15) is 0 Å². The Kier molecular flexibility index (Phi) is 5.17.